The second-order valence-electron chi connectivity index (χ2n) is 3.72. The maximum Gasteiger partial charge on any atom is 0.165 e. The van der Waals surface area contributed by atoms with Crippen LogP contribution in [0.4, 0.5) is 4.39 Å². The van der Waals surface area contributed by atoms with E-state index in [1.165, 1.54) is 13.2 Å². The van der Waals surface area contributed by atoms with Gasteiger partial charge in [-0.25, -0.2) is 4.39 Å². The van der Waals surface area contributed by atoms with Gasteiger partial charge in [-0.3, -0.25) is 0 Å². The molecule has 0 amide bonds. The van der Waals surface area contributed by atoms with Gasteiger partial charge in [0.2, 0.25) is 0 Å². The molecule has 17 heavy (non-hydrogen) atoms. The number of benzene rings is 1. The van der Waals surface area contributed by atoms with Crippen molar-refractivity contribution < 1.29 is 13.5 Å². The van der Waals surface area contributed by atoms with Gasteiger partial charge in [-0.2, -0.15) is 0 Å². The number of hydrogen-bond acceptors (Lipinski definition) is 2. The molecular formula is C13H12BrFO2. The molecule has 4 heteroatoms. The van der Waals surface area contributed by atoms with E-state index in [9.17, 15) is 4.39 Å². The zero-order chi connectivity index (χ0) is 12.4. The van der Waals surface area contributed by atoms with Gasteiger partial charge in [-0.15, -0.1) is 0 Å². The highest BCUT2D eigenvalue weighted by Gasteiger charge is 2.17. The van der Waals surface area contributed by atoms with E-state index in [2.05, 4.69) is 15.9 Å². The van der Waals surface area contributed by atoms with Gasteiger partial charge >= 0.3 is 0 Å². The lowest BCUT2D eigenvalue weighted by Crippen LogP contribution is -1.95. The lowest BCUT2D eigenvalue weighted by atomic mass is 10.1. The van der Waals surface area contributed by atoms with Crippen molar-refractivity contribution >= 4 is 15.9 Å². The summed E-state index contributed by atoms with van der Waals surface area (Å²) in [6, 6.07) is 6.74. The first kappa shape index (κ1) is 12.2. The first-order valence-electron chi connectivity index (χ1n) is 5.15. The molecule has 0 fully saturated rings. The first-order valence-corrected chi connectivity index (χ1v) is 6.06. The van der Waals surface area contributed by atoms with E-state index in [1.54, 1.807) is 12.3 Å². The maximum atomic E-state index is 13.6. The fraction of sp³-hybridized carbons (Fsp3) is 0.231. The van der Waals surface area contributed by atoms with Gasteiger partial charge in [-0.1, -0.05) is 22.0 Å². The van der Waals surface area contributed by atoms with Gasteiger partial charge in [0.1, 0.15) is 5.76 Å². The van der Waals surface area contributed by atoms with Crippen molar-refractivity contribution in [2.45, 2.75) is 11.8 Å². The Morgan fingerprint density at radius 3 is 2.65 bits per heavy atom. The molecule has 1 aromatic carbocycles. The molecule has 0 bridgehead atoms. The van der Waals surface area contributed by atoms with Gasteiger partial charge in [0, 0.05) is 0 Å². The Hall–Kier alpha value is -1.29. The highest BCUT2D eigenvalue weighted by atomic mass is 79.9. The molecule has 0 aliphatic heterocycles. The van der Waals surface area contributed by atoms with Crippen LogP contribution in [0, 0.1) is 12.7 Å². The van der Waals surface area contributed by atoms with Crippen molar-refractivity contribution in [3.63, 3.8) is 0 Å². The van der Waals surface area contributed by atoms with E-state index in [4.69, 9.17) is 9.15 Å². The largest absolute Gasteiger partial charge is 0.494 e. The zero-order valence-electron chi connectivity index (χ0n) is 9.54. The zero-order valence-corrected chi connectivity index (χ0v) is 11.1. The fourth-order valence-electron chi connectivity index (χ4n) is 1.64. The quantitative estimate of drug-likeness (QED) is 0.792. The molecule has 0 saturated carbocycles. The van der Waals surface area contributed by atoms with E-state index in [0.29, 0.717) is 0 Å². The number of hydrogen-bond donors (Lipinski definition) is 0. The van der Waals surface area contributed by atoms with E-state index < -0.39 is 0 Å². The van der Waals surface area contributed by atoms with Crippen LogP contribution in [0.3, 0.4) is 0 Å². The number of rotatable bonds is 3. The average Bonchev–Trinajstić information content (AvgIpc) is 2.74. The van der Waals surface area contributed by atoms with Gasteiger partial charge in [0.05, 0.1) is 18.2 Å². The number of methoxy groups -OCH3 is 1. The summed E-state index contributed by atoms with van der Waals surface area (Å²) in [6.45, 7) is 1.95. The van der Waals surface area contributed by atoms with Crippen LogP contribution in [0.5, 0.6) is 5.75 Å². The number of halogens is 2. The monoisotopic (exact) mass is 298 g/mol. The molecule has 0 aliphatic rings. The molecule has 1 atom stereocenters. The Kier molecular flexibility index (Phi) is 3.52. The van der Waals surface area contributed by atoms with Crippen LogP contribution >= 0.6 is 15.9 Å². The fourth-order valence-corrected chi connectivity index (χ4v) is 2.39. The Morgan fingerprint density at radius 1 is 1.35 bits per heavy atom. The number of aryl methyl sites for hydroxylation is 1. The summed E-state index contributed by atoms with van der Waals surface area (Å²) in [6.07, 6.45) is 1.62. The average molecular weight is 299 g/mol. The van der Waals surface area contributed by atoms with Crippen LogP contribution in [0.15, 0.2) is 34.9 Å². The molecule has 90 valence electrons. The summed E-state index contributed by atoms with van der Waals surface area (Å²) in [7, 11) is 1.44. The summed E-state index contributed by atoms with van der Waals surface area (Å²) in [4.78, 5) is -0.155. The normalized spacial score (nSPS) is 12.5. The van der Waals surface area contributed by atoms with Gasteiger partial charge in [0.15, 0.2) is 11.6 Å². The molecule has 2 rings (SSSR count). The molecule has 2 nitrogen and oxygen atoms in total. The summed E-state index contributed by atoms with van der Waals surface area (Å²) in [5.74, 6) is 0.651. The van der Waals surface area contributed by atoms with Crippen molar-refractivity contribution in [3.05, 3.63) is 53.2 Å². The molecule has 0 spiro atoms. The predicted molar refractivity (Wildman–Crippen MR) is 67.2 cm³/mol. The topological polar surface area (TPSA) is 22.4 Å². The third-order valence-corrected chi connectivity index (χ3v) is 3.54. The first-order chi connectivity index (χ1) is 8.13. The molecule has 0 saturated heterocycles. The van der Waals surface area contributed by atoms with Gasteiger partial charge in [-0.05, 0) is 36.2 Å². The van der Waals surface area contributed by atoms with Crippen molar-refractivity contribution in [2.75, 3.05) is 7.11 Å². The van der Waals surface area contributed by atoms with Crippen LogP contribution in [-0.4, -0.2) is 7.11 Å². The third-order valence-electron chi connectivity index (χ3n) is 2.60. The minimum atomic E-state index is -0.376. The molecule has 0 radical (unpaired) electrons. The Balaban J connectivity index is 2.35. The summed E-state index contributed by atoms with van der Waals surface area (Å²) >= 11 is 3.50. The highest BCUT2D eigenvalue weighted by molar-refractivity contribution is 9.09. The molecule has 2 aromatic rings. The van der Waals surface area contributed by atoms with Crippen LogP contribution in [-0.2, 0) is 0 Å². The van der Waals surface area contributed by atoms with Crippen LogP contribution < -0.4 is 4.74 Å². The number of furan rings is 1. The van der Waals surface area contributed by atoms with E-state index in [-0.39, 0.29) is 16.4 Å². The molecule has 1 heterocycles. The van der Waals surface area contributed by atoms with Crippen molar-refractivity contribution in [1.82, 2.24) is 0 Å². The summed E-state index contributed by atoms with van der Waals surface area (Å²) < 4.78 is 23.8. The maximum absolute atomic E-state index is 13.6. The van der Waals surface area contributed by atoms with E-state index in [1.807, 2.05) is 19.1 Å². The van der Waals surface area contributed by atoms with Crippen molar-refractivity contribution in [3.8, 4) is 5.75 Å². The molecule has 0 aliphatic carbocycles. The Labute approximate surface area is 108 Å². The lowest BCUT2D eigenvalue weighted by Gasteiger charge is -2.10. The number of alkyl halides is 1. The smallest absolute Gasteiger partial charge is 0.165 e. The lowest BCUT2D eigenvalue weighted by molar-refractivity contribution is 0.386. The van der Waals surface area contributed by atoms with Crippen LogP contribution in [0.2, 0.25) is 0 Å². The minimum Gasteiger partial charge on any atom is -0.494 e. The predicted octanol–water partition coefficient (Wildman–Crippen LogP) is 4.22. The third kappa shape index (κ3) is 2.36. The van der Waals surface area contributed by atoms with Crippen molar-refractivity contribution in [1.29, 1.82) is 0 Å². The minimum absolute atomic E-state index is 0.155. The Morgan fingerprint density at radius 2 is 2.12 bits per heavy atom. The molecular weight excluding hydrogens is 287 g/mol. The SMILES string of the molecule is COc1ccc(C(Br)c2occc2C)cc1F. The Bertz CT molecular complexity index is 522. The second kappa shape index (κ2) is 4.92. The van der Waals surface area contributed by atoms with Gasteiger partial charge < -0.3 is 9.15 Å². The van der Waals surface area contributed by atoms with Crippen molar-refractivity contribution in [2.24, 2.45) is 0 Å². The second-order valence-corrected chi connectivity index (χ2v) is 4.64. The summed E-state index contributed by atoms with van der Waals surface area (Å²) in [5, 5.41) is 0. The van der Waals surface area contributed by atoms with E-state index in [0.717, 1.165) is 16.9 Å². The van der Waals surface area contributed by atoms with E-state index >= 15 is 0 Å². The highest BCUT2D eigenvalue weighted by Crippen LogP contribution is 2.34. The summed E-state index contributed by atoms with van der Waals surface area (Å²) in [5.41, 5.74) is 1.82. The van der Waals surface area contributed by atoms with Gasteiger partial charge in [0.25, 0.3) is 0 Å². The molecule has 1 aromatic heterocycles. The standard InChI is InChI=1S/C13H12BrFO2/c1-8-5-6-17-13(8)12(14)9-3-4-11(16-2)10(15)7-9/h3-7,12H,1-2H3. The number of ether oxygens (including phenoxy) is 1. The van der Waals surface area contributed by atoms with Crippen LogP contribution in [0.1, 0.15) is 21.7 Å². The van der Waals surface area contributed by atoms with Crippen LogP contribution in [0.25, 0.3) is 0 Å². The molecule has 1 unspecified atom stereocenters. The molecule has 0 N–H and O–H groups in total.